The van der Waals surface area contributed by atoms with Gasteiger partial charge in [0.15, 0.2) is 0 Å². The largest absolute Gasteiger partial charge is 0.257 e. The first-order valence-corrected chi connectivity index (χ1v) is 8.31. The topological polar surface area (TPSA) is 17.8 Å². The molecule has 2 nitrogen and oxygen atoms in total. The van der Waals surface area contributed by atoms with E-state index in [4.69, 9.17) is 11.6 Å². The highest BCUT2D eigenvalue weighted by atomic mass is 79.9. The number of hydrogen-bond acceptors (Lipinski definition) is 1. The molecule has 2 rings (SSSR count). The molecule has 1 heterocycles. The summed E-state index contributed by atoms with van der Waals surface area (Å²) in [7, 11) is 1.89. The first-order chi connectivity index (χ1) is 9.52. The van der Waals surface area contributed by atoms with Crippen LogP contribution in [0.5, 0.6) is 0 Å². The summed E-state index contributed by atoms with van der Waals surface area (Å²) >= 11 is 9.98. The summed E-state index contributed by atoms with van der Waals surface area (Å²) in [6.45, 7) is 4.20. The van der Waals surface area contributed by atoms with Crippen LogP contribution in [-0.2, 0) is 19.9 Å². The maximum atomic E-state index is 6.33. The van der Waals surface area contributed by atoms with Crippen LogP contribution in [0.1, 0.15) is 22.4 Å². The van der Waals surface area contributed by atoms with E-state index >= 15 is 0 Å². The Labute approximate surface area is 134 Å². The van der Waals surface area contributed by atoms with Crippen molar-refractivity contribution in [1.29, 1.82) is 0 Å². The van der Waals surface area contributed by atoms with Crippen molar-refractivity contribution in [3.63, 3.8) is 0 Å². The van der Waals surface area contributed by atoms with Gasteiger partial charge in [0.05, 0.1) is 5.69 Å². The van der Waals surface area contributed by atoms with Gasteiger partial charge in [-0.15, -0.1) is 0 Å². The van der Waals surface area contributed by atoms with Gasteiger partial charge >= 0.3 is 0 Å². The highest BCUT2D eigenvalue weighted by Crippen LogP contribution is 2.25. The lowest BCUT2D eigenvalue weighted by Gasteiger charge is -2.15. The molecule has 1 aromatic heterocycles. The molecule has 108 valence electrons. The Kier molecular flexibility index (Phi) is 5.28. The zero-order chi connectivity index (χ0) is 14.7. The first kappa shape index (κ1) is 15.6. The van der Waals surface area contributed by atoms with Gasteiger partial charge in [-0.2, -0.15) is 5.10 Å². The number of alkyl halides is 1. The van der Waals surface area contributed by atoms with Crippen molar-refractivity contribution in [3.8, 4) is 0 Å². The smallest absolute Gasteiger partial charge is 0.130 e. The average Bonchev–Trinajstić information content (AvgIpc) is 2.66. The molecule has 0 radical (unpaired) electrons. The van der Waals surface area contributed by atoms with Crippen molar-refractivity contribution in [2.45, 2.75) is 26.7 Å². The molecule has 0 N–H and O–H groups in total. The van der Waals surface area contributed by atoms with Crippen LogP contribution in [0.25, 0.3) is 0 Å². The minimum absolute atomic E-state index is 0.525. The molecule has 1 aromatic carbocycles. The van der Waals surface area contributed by atoms with E-state index in [1.807, 2.05) is 14.0 Å². The fourth-order valence-electron chi connectivity index (χ4n) is 2.53. The predicted molar refractivity (Wildman–Crippen MR) is 88.8 cm³/mol. The van der Waals surface area contributed by atoms with Crippen LogP contribution in [0, 0.1) is 19.8 Å². The molecular weight excluding hydrogens is 336 g/mol. The predicted octanol–water partition coefficient (Wildman–Crippen LogP) is 4.49. The Balaban J connectivity index is 2.15. The van der Waals surface area contributed by atoms with Crippen LogP contribution in [0.3, 0.4) is 0 Å². The molecule has 1 unspecified atom stereocenters. The zero-order valence-electron chi connectivity index (χ0n) is 12.2. The highest BCUT2D eigenvalue weighted by Gasteiger charge is 2.17. The van der Waals surface area contributed by atoms with Crippen LogP contribution in [0.15, 0.2) is 24.3 Å². The second kappa shape index (κ2) is 6.77. The van der Waals surface area contributed by atoms with E-state index in [0.717, 1.165) is 29.0 Å². The summed E-state index contributed by atoms with van der Waals surface area (Å²) in [4.78, 5) is 0. The normalized spacial score (nSPS) is 12.7. The number of hydrogen-bond donors (Lipinski definition) is 0. The van der Waals surface area contributed by atoms with Crippen molar-refractivity contribution < 1.29 is 0 Å². The monoisotopic (exact) mass is 354 g/mol. The van der Waals surface area contributed by atoms with Gasteiger partial charge in [-0.05, 0) is 43.7 Å². The van der Waals surface area contributed by atoms with Crippen molar-refractivity contribution in [1.82, 2.24) is 9.78 Å². The highest BCUT2D eigenvalue weighted by molar-refractivity contribution is 9.09. The quantitative estimate of drug-likeness (QED) is 0.723. The summed E-state index contributed by atoms with van der Waals surface area (Å²) < 4.78 is 1.76. The van der Waals surface area contributed by atoms with Gasteiger partial charge in [-0.1, -0.05) is 51.8 Å². The van der Waals surface area contributed by atoms with Gasteiger partial charge in [0.25, 0.3) is 0 Å². The molecule has 20 heavy (non-hydrogen) atoms. The second-order valence-electron chi connectivity index (χ2n) is 5.33. The number of aromatic nitrogens is 2. The van der Waals surface area contributed by atoms with Crippen LogP contribution in [0.2, 0.25) is 5.15 Å². The fraction of sp³-hybridized carbons (Fsp3) is 0.438. The Bertz CT molecular complexity index is 592. The molecule has 0 aliphatic carbocycles. The van der Waals surface area contributed by atoms with E-state index in [2.05, 4.69) is 52.2 Å². The lowest BCUT2D eigenvalue weighted by atomic mass is 9.92. The lowest BCUT2D eigenvalue weighted by molar-refractivity contribution is 0.588. The third kappa shape index (κ3) is 3.44. The summed E-state index contributed by atoms with van der Waals surface area (Å²) in [6.07, 6.45) is 2.01. The fourth-order valence-corrected chi connectivity index (χ4v) is 3.24. The summed E-state index contributed by atoms with van der Waals surface area (Å²) in [5, 5.41) is 6.12. The molecule has 2 aromatic rings. The van der Waals surface area contributed by atoms with E-state index in [0.29, 0.717) is 5.92 Å². The summed E-state index contributed by atoms with van der Waals surface area (Å²) in [6, 6.07) is 8.58. The average molecular weight is 356 g/mol. The van der Waals surface area contributed by atoms with Crippen molar-refractivity contribution in [2.24, 2.45) is 13.0 Å². The molecule has 0 bridgehead atoms. The van der Waals surface area contributed by atoms with Crippen molar-refractivity contribution >= 4 is 27.5 Å². The van der Waals surface area contributed by atoms with Gasteiger partial charge in [0.1, 0.15) is 5.15 Å². The second-order valence-corrected chi connectivity index (χ2v) is 6.34. The molecule has 1 atom stereocenters. The molecular formula is C16H20BrClN2. The maximum Gasteiger partial charge on any atom is 0.130 e. The first-order valence-electron chi connectivity index (χ1n) is 6.81. The van der Waals surface area contributed by atoms with E-state index in [1.165, 1.54) is 16.7 Å². The Morgan fingerprint density at radius 2 is 1.95 bits per heavy atom. The maximum absolute atomic E-state index is 6.33. The van der Waals surface area contributed by atoms with Crippen LogP contribution in [0.4, 0.5) is 0 Å². The van der Waals surface area contributed by atoms with Gasteiger partial charge in [-0.25, -0.2) is 0 Å². The Hall–Kier alpha value is -0.800. The molecule has 0 saturated carbocycles. The van der Waals surface area contributed by atoms with E-state index < -0.39 is 0 Å². The van der Waals surface area contributed by atoms with Gasteiger partial charge in [0.2, 0.25) is 0 Å². The summed E-state index contributed by atoms with van der Waals surface area (Å²) in [5.41, 5.74) is 4.97. The molecule has 0 aliphatic rings. The van der Waals surface area contributed by atoms with Crippen molar-refractivity contribution in [3.05, 3.63) is 51.8 Å². The van der Waals surface area contributed by atoms with Gasteiger partial charge in [-0.3, -0.25) is 4.68 Å². The lowest BCUT2D eigenvalue weighted by Crippen LogP contribution is -2.11. The summed E-state index contributed by atoms with van der Waals surface area (Å²) in [5.74, 6) is 0.525. The van der Waals surface area contributed by atoms with Crippen LogP contribution in [-0.4, -0.2) is 15.1 Å². The number of aryl methyl sites for hydroxylation is 3. The van der Waals surface area contributed by atoms with Crippen molar-refractivity contribution in [2.75, 3.05) is 5.33 Å². The van der Waals surface area contributed by atoms with Gasteiger partial charge in [0, 0.05) is 17.9 Å². The number of rotatable bonds is 5. The van der Waals surface area contributed by atoms with E-state index in [1.54, 1.807) is 4.68 Å². The molecule has 0 amide bonds. The molecule has 0 saturated heterocycles. The molecule has 4 heteroatoms. The van der Waals surface area contributed by atoms with E-state index in [-0.39, 0.29) is 0 Å². The number of benzene rings is 1. The van der Waals surface area contributed by atoms with Crippen LogP contribution < -0.4 is 0 Å². The number of nitrogens with zero attached hydrogens (tertiary/aromatic N) is 2. The molecule has 0 fully saturated rings. The SMILES string of the molecule is Cc1ccccc1CC(CBr)Cc1c(C)nn(C)c1Cl. The molecule has 0 aliphatic heterocycles. The Morgan fingerprint density at radius 3 is 2.50 bits per heavy atom. The Morgan fingerprint density at radius 1 is 1.25 bits per heavy atom. The third-order valence-corrected chi connectivity index (χ3v) is 5.14. The third-order valence-electron chi connectivity index (χ3n) is 3.75. The van der Waals surface area contributed by atoms with E-state index in [9.17, 15) is 0 Å². The minimum Gasteiger partial charge on any atom is -0.257 e. The standard InChI is InChI=1S/C16H20BrClN2/c1-11-6-4-5-7-14(11)8-13(10-17)9-15-12(2)19-20(3)16(15)18/h4-7,13H,8-10H2,1-3H3. The molecule has 0 spiro atoms. The van der Waals surface area contributed by atoms with Crippen LogP contribution >= 0.6 is 27.5 Å². The zero-order valence-corrected chi connectivity index (χ0v) is 14.5. The van der Waals surface area contributed by atoms with Gasteiger partial charge < -0.3 is 0 Å². The minimum atomic E-state index is 0.525. The number of halogens is 2.